The maximum absolute atomic E-state index is 14.1. The summed E-state index contributed by atoms with van der Waals surface area (Å²) in [6.45, 7) is 0. The largest absolute Gasteiger partial charge is 0.496 e. The van der Waals surface area contributed by atoms with E-state index in [9.17, 15) is 19.2 Å². The third-order valence-electron chi connectivity index (χ3n) is 7.64. The highest BCUT2D eigenvalue weighted by atomic mass is 79.9. The molecule has 3 aliphatic rings. The average Bonchev–Trinajstić information content (AvgIpc) is 3.44. The molecule has 0 aromatic heterocycles. The van der Waals surface area contributed by atoms with Crippen LogP contribution in [0.4, 0.5) is 5.69 Å². The van der Waals surface area contributed by atoms with Crippen LogP contribution in [0.5, 0.6) is 5.75 Å². The molecule has 0 spiro atoms. The summed E-state index contributed by atoms with van der Waals surface area (Å²) in [5.41, 5.74) is 1.74. The minimum Gasteiger partial charge on any atom is -0.496 e. The molecule has 3 heterocycles. The topological polar surface area (TPSA) is 84.0 Å². The number of rotatable bonds is 6. The van der Waals surface area contributed by atoms with Gasteiger partial charge in [0.15, 0.2) is 11.6 Å². The summed E-state index contributed by atoms with van der Waals surface area (Å²) in [5.74, 6) is -2.51. The number of methoxy groups -OCH3 is 1. The number of Topliss-reactive ketones (excluding diaryl/α,β-unsaturated/α-hetero) is 2. The fraction of sp³-hybridized carbons (Fsp3) is 0.161. The van der Waals surface area contributed by atoms with E-state index in [2.05, 4.69) is 31.9 Å². The number of hydrogen-bond donors (Lipinski definition) is 0. The van der Waals surface area contributed by atoms with Crippen LogP contribution >= 0.6 is 31.9 Å². The van der Waals surface area contributed by atoms with Crippen molar-refractivity contribution < 1.29 is 23.9 Å². The Morgan fingerprint density at radius 2 is 1.55 bits per heavy atom. The van der Waals surface area contributed by atoms with Crippen molar-refractivity contribution in [2.75, 3.05) is 12.0 Å². The smallest absolute Gasteiger partial charge is 0.240 e. The molecule has 2 saturated heterocycles. The van der Waals surface area contributed by atoms with E-state index in [4.69, 9.17) is 4.74 Å². The standard InChI is InChI=1S/C31H22Br2N2O5/c1-40-24-12-7-18(15-22(24)33)29(37)27-26-25(30(38)35(31(26)39)21-10-8-20(32)9-11-21)23-16-19(13-14-34(23)27)28(36)17-5-3-2-4-6-17/h2-16,23,25-27H,1H3/t23-,25-,26+,27-/m1/s1. The maximum atomic E-state index is 14.1. The molecule has 4 atom stereocenters. The number of carbonyl (C=O) groups is 4. The van der Waals surface area contributed by atoms with Crippen molar-refractivity contribution in [1.82, 2.24) is 4.90 Å². The van der Waals surface area contributed by atoms with E-state index in [1.54, 1.807) is 90.0 Å². The van der Waals surface area contributed by atoms with Crippen molar-refractivity contribution in [3.05, 3.63) is 117 Å². The van der Waals surface area contributed by atoms with Gasteiger partial charge < -0.3 is 9.64 Å². The van der Waals surface area contributed by atoms with Crippen LogP contribution in [0.1, 0.15) is 20.7 Å². The van der Waals surface area contributed by atoms with Gasteiger partial charge in [0, 0.05) is 27.4 Å². The van der Waals surface area contributed by atoms with Crippen LogP contribution in [0.3, 0.4) is 0 Å². The summed E-state index contributed by atoms with van der Waals surface area (Å²) in [7, 11) is 1.53. The number of benzene rings is 3. The lowest BCUT2D eigenvalue weighted by atomic mass is 9.85. The SMILES string of the molecule is COc1ccc(C(=O)[C@H]2[C@H]3C(=O)N(c4ccc(Br)cc4)C(=O)[C@@H]3[C@H]3C=C(C(=O)c4ccccc4)C=CN32)cc1Br. The first-order valence-corrected chi connectivity index (χ1v) is 14.2. The number of ether oxygens (including phenoxy) is 1. The summed E-state index contributed by atoms with van der Waals surface area (Å²) >= 11 is 6.83. The zero-order chi connectivity index (χ0) is 28.1. The van der Waals surface area contributed by atoms with Gasteiger partial charge in [-0.2, -0.15) is 0 Å². The molecule has 2 fully saturated rings. The normalized spacial score (nSPS) is 23.1. The number of allylic oxidation sites excluding steroid dienone is 2. The number of anilines is 1. The molecule has 0 radical (unpaired) electrons. The number of ketones is 2. The Kier molecular flexibility index (Phi) is 6.80. The van der Waals surface area contributed by atoms with E-state index in [0.717, 1.165) is 4.47 Å². The van der Waals surface area contributed by atoms with Gasteiger partial charge in [0.05, 0.1) is 35.1 Å². The molecule has 2 amide bonds. The van der Waals surface area contributed by atoms with Gasteiger partial charge >= 0.3 is 0 Å². The molecule has 0 bridgehead atoms. The molecule has 3 aliphatic heterocycles. The fourth-order valence-electron chi connectivity index (χ4n) is 5.79. The van der Waals surface area contributed by atoms with Gasteiger partial charge in [0.25, 0.3) is 0 Å². The van der Waals surface area contributed by atoms with Crippen molar-refractivity contribution in [2.45, 2.75) is 12.1 Å². The summed E-state index contributed by atoms with van der Waals surface area (Å²) in [6, 6.07) is 19.2. The number of carbonyl (C=O) groups excluding carboxylic acids is 4. The second kappa shape index (κ2) is 10.3. The van der Waals surface area contributed by atoms with Crippen molar-refractivity contribution in [2.24, 2.45) is 11.8 Å². The molecule has 200 valence electrons. The second-order valence-corrected chi connectivity index (χ2v) is 11.5. The lowest BCUT2D eigenvalue weighted by Crippen LogP contribution is -2.46. The van der Waals surface area contributed by atoms with E-state index in [1.807, 2.05) is 6.07 Å². The van der Waals surface area contributed by atoms with Gasteiger partial charge in [-0.1, -0.05) is 52.3 Å². The summed E-state index contributed by atoms with van der Waals surface area (Å²) in [6.07, 6.45) is 5.05. The maximum Gasteiger partial charge on any atom is 0.240 e. The van der Waals surface area contributed by atoms with Crippen molar-refractivity contribution in [1.29, 1.82) is 0 Å². The monoisotopic (exact) mass is 660 g/mol. The number of amides is 2. The van der Waals surface area contributed by atoms with E-state index in [1.165, 1.54) is 12.0 Å². The van der Waals surface area contributed by atoms with E-state index >= 15 is 0 Å². The lowest BCUT2D eigenvalue weighted by molar-refractivity contribution is -0.123. The summed E-state index contributed by atoms with van der Waals surface area (Å²) in [5, 5.41) is 0. The average molecular weight is 662 g/mol. The molecule has 0 saturated carbocycles. The van der Waals surface area contributed by atoms with Gasteiger partial charge in [-0.05, 0) is 64.5 Å². The molecule has 3 aromatic rings. The quantitative estimate of drug-likeness (QED) is 0.253. The highest BCUT2D eigenvalue weighted by molar-refractivity contribution is 9.10. The van der Waals surface area contributed by atoms with Crippen LogP contribution in [0.25, 0.3) is 0 Å². The van der Waals surface area contributed by atoms with Crippen LogP contribution in [-0.4, -0.2) is 47.5 Å². The molecular formula is C31H22Br2N2O5. The number of halogens is 2. The fourth-order valence-corrected chi connectivity index (χ4v) is 6.59. The number of hydrogen-bond acceptors (Lipinski definition) is 6. The first-order chi connectivity index (χ1) is 19.3. The van der Waals surface area contributed by atoms with Crippen LogP contribution in [0.2, 0.25) is 0 Å². The Morgan fingerprint density at radius 1 is 0.850 bits per heavy atom. The van der Waals surface area contributed by atoms with Gasteiger partial charge in [-0.3, -0.25) is 19.2 Å². The number of imide groups is 1. The van der Waals surface area contributed by atoms with E-state index < -0.39 is 35.7 Å². The molecule has 9 heteroatoms. The lowest BCUT2D eigenvalue weighted by Gasteiger charge is -2.33. The molecule has 0 N–H and O–H groups in total. The first-order valence-electron chi connectivity index (χ1n) is 12.6. The molecule has 40 heavy (non-hydrogen) atoms. The Bertz CT molecular complexity index is 1620. The predicted octanol–water partition coefficient (Wildman–Crippen LogP) is 5.60. The van der Waals surface area contributed by atoms with Gasteiger partial charge in [-0.15, -0.1) is 0 Å². The third kappa shape index (κ3) is 4.24. The molecule has 7 nitrogen and oxygen atoms in total. The summed E-state index contributed by atoms with van der Waals surface area (Å²) in [4.78, 5) is 58.2. The predicted molar refractivity (Wildman–Crippen MR) is 156 cm³/mol. The highest BCUT2D eigenvalue weighted by Gasteiger charge is 2.63. The zero-order valence-electron chi connectivity index (χ0n) is 21.2. The third-order valence-corrected chi connectivity index (χ3v) is 8.78. The minimum absolute atomic E-state index is 0.191. The minimum atomic E-state index is -0.937. The van der Waals surface area contributed by atoms with Crippen molar-refractivity contribution in [3.63, 3.8) is 0 Å². The van der Waals surface area contributed by atoms with E-state index in [0.29, 0.717) is 32.6 Å². The summed E-state index contributed by atoms with van der Waals surface area (Å²) < 4.78 is 6.71. The molecule has 6 rings (SSSR count). The van der Waals surface area contributed by atoms with Crippen molar-refractivity contribution >= 4 is 60.9 Å². The Morgan fingerprint density at radius 3 is 2.23 bits per heavy atom. The second-order valence-electron chi connectivity index (χ2n) is 9.77. The Balaban J connectivity index is 1.43. The highest BCUT2D eigenvalue weighted by Crippen LogP contribution is 2.47. The van der Waals surface area contributed by atoms with E-state index in [-0.39, 0.29) is 11.6 Å². The molecular weight excluding hydrogens is 640 g/mol. The molecule has 3 aromatic carbocycles. The van der Waals surface area contributed by atoms with Crippen molar-refractivity contribution in [3.8, 4) is 5.75 Å². The van der Waals surface area contributed by atoms with Crippen LogP contribution in [-0.2, 0) is 9.59 Å². The zero-order valence-corrected chi connectivity index (χ0v) is 24.3. The van der Waals surface area contributed by atoms with Gasteiger partial charge in [0.1, 0.15) is 11.8 Å². The number of nitrogens with zero attached hydrogens (tertiary/aromatic N) is 2. The molecule has 0 unspecified atom stereocenters. The van der Waals surface area contributed by atoms with Crippen LogP contribution < -0.4 is 9.64 Å². The number of fused-ring (bicyclic) bond motifs is 3. The van der Waals surface area contributed by atoms with Gasteiger partial charge in [0.2, 0.25) is 11.8 Å². The van der Waals surface area contributed by atoms with Crippen LogP contribution in [0.15, 0.2) is 106 Å². The first kappa shape index (κ1) is 26.4. The Labute approximate surface area is 247 Å². The van der Waals surface area contributed by atoms with Crippen LogP contribution in [0, 0.1) is 11.8 Å². The molecule has 0 aliphatic carbocycles. The van der Waals surface area contributed by atoms with Gasteiger partial charge in [-0.25, -0.2) is 4.90 Å². The Hall–Kier alpha value is -3.82.